The topological polar surface area (TPSA) is 76.2 Å². The zero-order valence-corrected chi connectivity index (χ0v) is 19.6. The highest BCUT2D eigenvalue weighted by Crippen LogP contribution is 2.40. The molecule has 7 nitrogen and oxygen atoms in total. The number of hydrogen-bond acceptors (Lipinski definition) is 7. The van der Waals surface area contributed by atoms with Gasteiger partial charge in [0, 0.05) is 63.0 Å². The summed E-state index contributed by atoms with van der Waals surface area (Å²) in [4.78, 5) is 7.22. The first kappa shape index (κ1) is 22.1. The summed E-state index contributed by atoms with van der Waals surface area (Å²) in [5.41, 5.74) is 4.87. The van der Waals surface area contributed by atoms with Crippen LogP contribution in [0.25, 0.3) is 11.3 Å². The summed E-state index contributed by atoms with van der Waals surface area (Å²) in [5.74, 6) is 0.266. The number of benzene rings is 2. The van der Waals surface area contributed by atoms with Crippen molar-refractivity contribution in [1.82, 2.24) is 15.0 Å². The lowest BCUT2D eigenvalue weighted by atomic mass is 10.0. The number of rotatable bonds is 4. The van der Waals surface area contributed by atoms with E-state index in [1.54, 1.807) is 0 Å². The Labute approximate surface area is 198 Å². The van der Waals surface area contributed by atoms with Crippen LogP contribution >= 0.6 is 11.6 Å². The van der Waals surface area contributed by atoms with Gasteiger partial charge in [-0.25, -0.2) is 0 Å². The number of phenols is 2. The number of phenolic OH excluding ortho intramolecular Hbond substituents is 2. The maximum Gasteiger partial charge on any atom is 0.175 e. The van der Waals surface area contributed by atoms with Crippen LogP contribution in [-0.4, -0.2) is 64.9 Å². The predicted octanol–water partition coefficient (Wildman–Crippen LogP) is 4.11. The molecule has 2 N–H and O–H groups in total. The second-order valence-corrected chi connectivity index (χ2v) is 9.44. The minimum Gasteiger partial charge on any atom is -0.507 e. The lowest BCUT2D eigenvalue weighted by Crippen LogP contribution is -2.30. The van der Waals surface area contributed by atoms with Gasteiger partial charge in [-0.3, -0.25) is 4.90 Å². The van der Waals surface area contributed by atoms with Crippen molar-refractivity contribution in [2.24, 2.45) is 0 Å². The quantitative estimate of drug-likeness (QED) is 0.596. The Morgan fingerprint density at radius 2 is 1.82 bits per heavy atom. The van der Waals surface area contributed by atoms with Gasteiger partial charge in [-0.1, -0.05) is 28.9 Å². The van der Waals surface area contributed by atoms with Crippen LogP contribution in [0.15, 0.2) is 40.9 Å². The van der Waals surface area contributed by atoms with Crippen molar-refractivity contribution in [3.63, 3.8) is 0 Å². The zero-order valence-electron chi connectivity index (χ0n) is 18.8. The van der Waals surface area contributed by atoms with Gasteiger partial charge in [0.1, 0.15) is 11.5 Å². The second kappa shape index (κ2) is 9.25. The first-order valence-electron chi connectivity index (χ1n) is 11.4. The number of likely N-dealkylation sites (N-methyl/N-ethyl adjacent to an activating group) is 1. The minimum atomic E-state index is -0.163. The molecule has 5 rings (SSSR count). The number of fused-ring (bicyclic) bond motifs is 1. The number of anilines is 1. The van der Waals surface area contributed by atoms with E-state index in [-0.39, 0.29) is 16.5 Å². The number of halogens is 1. The lowest BCUT2D eigenvalue weighted by molar-refractivity contribution is 0.245. The number of aromatic nitrogens is 1. The van der Waals surface area contributed by atoms with E-state index in [0.29, 0.717) is 17.9 Å². The third-order valence-corrected chi connectivity index (χ3v) is 6.96. The maximum absolute atomic E-state index is 10.3. The molecule has 1 saturated heterocycles. The van der Waals surface area contributed by atoms with E-state index in [4.69, 9.17) is 16.1 Å². The number of hydrogen-bond donors (Lipinski definition) is 2. The van der Waals surface area contributed by atoms with Crippen molar-refractivity contribution in [2.45, 2.75) is 25.9 Å². The van der Waals surface area contributed by atoms with Crippen LogP contribution < -0.4 is 4.90 Å². The third-order valence-electron chi connectivity index (χ3n) is 6.65. The van der Waals surface area contributed by atoms with Crippen LogP contribution in [0.1, 0.15) is 23.2 Å². The Hall–Kier alpha value is -2.74. The summed E-state index contributed by atoms with van der Waals surface area (Å²) in [6.07, 6.45) is 1.97. The van der Waals surface area contributed by atoms with Gasteiger partial charge in [0.25, 0.3) is 0 Å². The molecule has 8 heteroatoms. The molecule has 0 unspecified atom stereocenters. The average Bonchev–Trinajstić information content (AvgIpc) is 3.09. The third kappa shape index (κ3) is 4.67. The van der Waals surface area contributed by atoms with Crippen LogP contribution in [0.5, 0.6) is 11.5 Å². The monoisotopic (exact) mass is 468 g/mol. The van der Waals surface area contributed by atoms with Crippen molar-refractivity contribution in [1.29, 1.82) is 0 Å². The van der Waals surface area contributed by atoms with Crippen LogP contribution in [-0.2, 0) is 19.5 Å². The predicted molar refractivity (Wildman–Crippen MR) is 129 cm³/mol. The fraction of sp³-hybridized carbons (Fsp3) is 0.400. The molecule has 2 aliphatic rings. The Morgan fingerprint density at radius 3 is 2.64 bits per heavy atom. The highest BCUT2D eigenvalue weighted by atomic mass is 35.5. The molecule has 0 aliphatic carbocycles. The van der Waals surface area contributed by atoms with Gasteiger partial charge in [-0.2, -0.15) is 0 Å². The van der Waals surface area contributed by atoms with Crippen LogP contribution in [0.2, 0.25) is 5.02 Å². The van der Waals surface area contributed by atoms with E-state index >= 15 is 0 Å². The lowest BCUT2D eigenvalue weighted by Gasteiger charge is -2.27. The Bertz CT molecular complexity index is 1130. The molecule has 0 spiro atoms. The Morgan fingerprint density at radius 1 is 1.00 bits per heavy atom. The largest absolute Gasteiger partial charge is 0.507 e. The molecule has 1 aromatic heterocycles. The average molecular weight is 469 g/mol. The second-order valence-electron chi connectivity index (χ2n) is 9.03. The molecule has 0 radical (unpaired) electrons. The highest BCUT2D eigenvalue weighted by molar-refractivity contribution is 6.32. The Balaban J connectivity index is 1.29. The SMILES string of the molecule is CN1CCCN(c2ccc(CN3CCc4noc(-c5cc(Cl)c(O)cc5O)c4C3)cc2)CC1. The summed E-state index contributed by atoms with van der Waals surface area (Å²) in [6.45, 7) is 6.81. The molecule has 1 fully saturated rings. The molecular formula is C25H29ClN4O3. The van der Waals surface area contributed by atoms with Gasteiger partial charge in [0.05, 0.1) is 16.3 Å². The summed E-state index contributed by atoms with van der Waals surface area (Å²) < 4.78 is 5.59. The molecular weight excluding hydrogens is 440 g/mol. The first-order valence-corrected chi connectivity index (χ1v) is 11.8. The molecule has 0 bridgehead atoms. The van der Waals surface area contributed by atoms with Crippen molar-refractivity contribution in [2.75, 3.05) is 44.7 Å². The van der Waals surface area contributed by atoms with E-state index in [1.807, 2.05) is 0 Å². The summed E-state index contributed by atoms with van der Waals surface area (Å²) in [6, 6.07) is 11.7. The van der Waals surface area contributed by atoms with E-state index in [1.165, 1.54) is 29.8 Å². The first-order chi connectivity index (χ1) is 16.0. The molecule has 0 atom stereocenters. The Kier molecular flexibility index (Phi) is 6.19. The van der Waals surface area contributed by atoms with E-state index < -0.39 is 0 Å². The van der Waals surface area contributed by atoms with E-state index in [2.05, 4.69) is 51.2 Å². The van der Waals surface area contributed by atoms with Gasteiger partial charge in [-0.15, -0.1) is 0 Å². The number of nitrogens with zero attached hydrogens (tertiary/aromatic N) is 4. The summed E-state index contributed by atoms with van der Waals surface area (Å²) in [5, 5.41) is 24.5. The van der Waals surface area contributed by atoms with Crippen LogP contribution in [0.3, 0.4) is 0 Å². The van der Waals surface area contributed by atoms with Gasteiger partial charge in [0.15, 0.2) is 5.76 Å². The molecule has 33 heavy (non-hydrogen) atoms. The standard InChI is InChI=1S/C25H29ClN4O3/c1-28-8-2-9-30(12-11-28)18-5-3-17(4-6-18)15-29-10-7-22-20(16-29)25(33-27-22)19-13-21(26)24(32)14-23(19)31/h3-6,13-14,31-32H,2,7-12,15-16H2,1H3. The fourth-order valence-corrected chi connectivity index (χ4v) is 4.89. The zero-order chi connectivity index (χ0) is 22.9. The van der Waals surface area contributed by atoms with Gasteiger partial charge in [-0.05, 0) is 43.8 Å². The van der Waals surface area contributed by atoms with Gasteiger partial charge >= 0.3 is 0 Å². The molecule has 174 valence electrons. The van der Waals surface area contributed by atoms with Gasteiger partial charge < -0.3 is 24.5 Å². The van der Waals surface area contributed by atoms with Gasteiger partial charge in [0.2, 0.25) is 0 Å². The highest BCUT2D eigenvalue weighted by Gasteiger charge is 2.27. The molecule has 0 amide bonds. The summed E-state index contributed by atoms with van der Waals surface area (Å²) in [7, 11) is 2.19. The number of aromatic hydroxyl groups is 2. The normalized spacial score (nSPS) is 17.7. The molecule has 3 heterocycles. The smallest absolute Gasteiger partial charge is 0.175 e. The maximum atomic E-state index is 10.3. The van der Waals surface area contributed by atoms with Crippen LogP contribution in [0.4, 0.5) is 5.69 Å². The van der Waals surface area contributed by atoms with E-state index in [9.17, 15) is 10.2 Å². The van der Waals surface area contributed by atoms with Crippen molar-refractivity contribution >= 4 is 17.3 Å². The van der Waals surface area contributed by atoms with Crippen LogP contribution in [0, 0.1) is 0 Å². The molecule has 2 aromatic carbocycles. The van der Waals surface area contributed by atoms with Crippen molar-refractivity contribution < 1.29 is 14.7 Å². The van der Waals surface area contributed by atoms with Crippen molar-refractivity contribution in [3.8, 4) is 22.8 Å². The minimum absolute atomic E-state index is 0.0803. The molecule has 2 aliphatic heterocycles. The van der Waals surface area contributed by atoms with E-state index in [0.717, 1.165) is 56.9 Å². The molecule has 0 saturated carbocycles. The van der Waals surface area contributed by atoms with Crippen molar-refractivity contribution in [3.05, 3.63) is 58.2 Å². The fourth-order valence-electron chi connectivity index (χ4n) is 4.72. The molecule has 3 aromatic rings. The summed E-state index contributed by atoms with van der Waals surface area (Å²) >= 11 is 6.07.